The fourth-order valence-corrected chi connectivity index (χ4v) is 5.35. The van der Waals surface area contributed by atoms with Crippen molar-refractivity contribution in [3.05, 3.63) is 47.6 Å². The largest absolute Gasteiger partial charge is 0.466 e. The van der Waals surface area contributed by atoms with E-state index in [4.69, 9.17) is 18.9 Å². The van der Waals surface area contributed by atoms with Gasteiger partial charge in [0.1, 0.15) is 48.8 Å². The van der Waals surface area contributed by atoms with E-state index in [-0.39, 0.29) is 0 Å². The Bertz CT molecular complexity index is 1090. The number of methoxy groups -OCH3 is 1. The van der Waals surface area contributed by atoms with Gasteiger partial charge in [-0.1, -0.05) is 29.4 Å². The lowest BCUT2D eigenvalue weighted by Gasteiger charge is -2.47. The van der Waals surface area contributed by atoms with Gasteiger partial charge in [-0.15, -0.1) is 6.58 Å². The monoisotopic (exact) mass is 674 g/mol. The summed E-state index contributed by atoms with van der Waals surface area (Å²) in [6, 6.07) is 0. The van der Waals surface area contributed by atoms with Gasteiger partial charge in [-0.25, -0.2) is 4.79 Å². The fourth-order valence-electron chi connectivity index (χ4n) is 5.35. The summed E-state index contributed by atoms with van der Waals surface area (Å²) in [6.07, 6.45) is -6.28. The summed E-state index contributed by atoms with van der Waals surface area (Å²) in [5.74, 6) is -0.484. The van der Waals surface area contributed by atoms with Crippen LogP contribution in [-0.4, -0.2) is 140 Å². The molecule has 0 amide bonds. The number of aliphatic hydroxyl groups is 8. The molecule has 12 atom stereocenters. The molecule has 8 N–H and O–H groups in total. The lowest BCUT2D eigenvalue weighted by molar-refractivity contribution is -0.375. The van der Waals surface area contributed by atoms with Crippen LogP contribution in [0.3, 0.4) is 0 Å². The van der Waals surface area contributed by atoms with Gasteiger partial charge in [0.25, 0.3) is 0 Å². The average molecular weight is 675 g/mol. The fraction of sp³-hybridized carbons (Fsp3) is 0.727. The van der Waals surface area contributed by atoms with E-state index in [1.165, 1.54) is 13.2 Å². The number of hydrogen-bond donors (Lipinski definition) is 8. The summed E-state index contributed by atoms with van der Waals surface area (Å²) in [6.45, 7) is 9.75. The third-order valence-electron chi connectivity index (χ3n) is 8.43. The molecule has 0 spiro atoms. The van der Waals surface area contributed by atoms with E-state index in [1.807, 2.05) is 26.0 Å². The van der Waals surface area contributed by atoms with E-state index in [1.54, 1.807) is 19.9 Å². The summed E-state index contributed by atoms with van der Waals surface area (Å²) in [5.41, 5.74) is 1.38. The van der Waals surface area contributed by atoms with Crippen LogP contribution in [0.15, 0.2) is 47.6 Å². The summed E-state index contributed by atoms with van der Waals surface area (Å²) in [7, 11) is 1.29. The maximum absolute atomic E-state index is 11.5. The van der Waals surface area contributed by atoms with E-state index in [2.05, 4.69) is 11.3 Å². The second-order valence-electron chi connectivity index (χ2n) is 12.4. The molecule has 14 nitrogen and oxygen atoms in total. The van der Waals surface area contributed by atoms with Gasteiger partial charge in [-0.05, 0) is 65.9 Å². The first-order valence-corrected chi connectivity index (χ1v) is 15.8. The first-order valence-electron chi connectivity index (χ1n) is 15.8. The van der Waals surface area contributed by atoms with Crippen LogP contribution in [0.1, 0.15) is 59.8 Å². The van der Waals surface area contributed by atoms with Crippen LogP contribution < -0.4 is 0 Å². The summed E-state index contributed by atoms with van der Waals surface area (Å²) >= 11 is 0. The highest BCUT2D eigenvalue weighted by Gasteiger charge is 2.51. The minimum absolute atomic E-state index is 0.343. The number of esters is 1. The van der Waals surface area contributed by atoms with Gasteiger partial charge in [-0.2, -0.15) is 0 Å². The van der Waals surface area contributed by atoms with Crippen LogP contribution in [0, 0.1) is 0 Å². The molecule has 47 heavy (non-hydrogen) atoms. The Morgan fingerprint density at radius 2 is 1.45 bits per heavy atom. The van der Waals surface area contributed by atoms with Gasteiger partial charge >= 0.3 is 5.97 Å². The number of hydrogen-bond acceptors (Lipinski definition) is 14. The van der Waals surface area contributed by atoms with Crippen molar-refractivity contribution in [2.75, 3.05) is 20.3 Å². The van der Waals surface area contributed by atoms with Crippen molar-refractivity contribution in [1.82, 2.24) is 0 Å². The van der Waals surface area contributed by atoms with E-state index in [0.29, 0.717) is 24.8 Å². The molecular formula is C33H54O14. The molecule has 2 rings (SSSR count). The molecule has 2 aliphatic rings. The highest BCUT2D eigenvalue weighted by molar-refractivity contribution is 5.87. The molecule has 0 bridgehead atoms. The Hall–Kier alpha value is -2.05. The Labute approximate surface area is 276 Å². The Balaban J connectivity index is 2.04. The number of ether oxygens (including phenoxy) is 5. The van der Waals surface area contributed by atoms with Crippen LogP contribution >= 0.6 is 0 Å². The maximum Gasteiger partial charge on any atom is 0.333 e. The van der Waals surface area contributed by atoms with Gasteiger partial charge in [0, 0.05) is 5.57 Å². The van der Waals surface area contributed by atoms with Crippen LogP contribution in [0.5, 0.6) is 0 Å². The number of carbonyl (C=O) groups excluding carboxylic acids is 1. The SMILES string of the molecule is C=C[C@](C)(CC/C=C(\C)CC/C=C(\C)C[C@@H](O)/C=C(\C)C(=O)OC)O[C@@H]1O[C@H](CO)[C@@H](O)[C@H](O)[C@H]1O[C@@H]1O[C@H](CO)[C@@H](O)[C@H](O)[C@H]1O. The maximum atomic E-state index is 11.5. The van der Waals surface area contributed by atoms with Crippen LogP contribution in [0.2, 0.25) is 0 Å². The highest BCUT2D eigenvalue weighted by Crippen LogP contribution is 2.33. The van der Waals surface area contributed by atoms with Gasteiger partial charge in [-0.3, -0.25) is 0 Å². The van der Waals surface area contributed by atoms with Crippen LogP contribution in [0.25, 0.3) is 0 Å². The summed E-state index contributed by atoms with van der Waals surface area (Å²) in [4.78, 5) is 11.5. The summed E-state index contributed by atoms with van der Waals surface area (Å²) in [5, 5.41) is 81.6. The topological polar surface area (TPSA) is 225 Å². The zero-order valence-corrected chi connectivity index (χ0v) is 27.8. The van der Waals surface area contributed by atoms with Gasteiger partial charge in [0.2, 0.25) is 0 Å². The van der Waals surface area contributed by atoms with Crippen molar-refractivity contribution in [3.8, 4) is 0 Å². The van der Waals surface area contributed by atoms with Crippen molar-refractivity contribution in [2.24, 2.45) is 0 Å². The molecule has 2 heterocycles. The molecule has 2 saturated heterocycles. The number of carbonyl (C=O) groups is 1. The molecule has 2 fully saturated rings. The van der Waals surface area contributed by atoms with Crippen LogP contribution in [-0.2, 0) is 28.5 Å². The number of rotatable bonds is 17. The van der Waals surface area contributed by atoms with E-state index in [0.717, 1.165) is 24.0 Å². The molecule has 0 unspecified atom stereocenters. The molecule has 0 aromatic rings. The van der Waals surface area contributed by atoms with Crippen molar-refractivity contribution in [2.45, 2.75) is 133 Å². The highest BCUT2D eigenvalue weighted by atomic mass is 16.8. The zero-order valence-electron chi connectivity index (χ0n) is 27.8. The van der Waals surface area contributed by atoms with E-state index >= 15 is 0 Å². The molecule has 0 radical (unpaired) electrons. The third-order valence-corrected chi connectivity index (χ3v) is 8.43. The quantitative estimate of drug-likeness (QED) is 0.0573. The van der Waals surface area contributed by atoms with Gasteiger partial charge in [0.05, 0.1) is 32.0 Å². The molecule has 0 aromatic heterocycles. The molecule has 270 valence electrons. The van der Waals surface area contributed by atoms with Crippen molar-refractivity contribution >= 4 is 5.97 Å². The third kappa shape index (κ3) is 11.8. The number of allylic oxidation sites excluding steroid dienone is 3. The predicted octanol–water partition coefficient (Wildman–Crippen LogP) is -0.105. The van der Waals surface area contributed by atoms with Gasteiger partial charge in [0.15, 0.2) is 12.6 Å². The molecule has 2 aliphatic heterocycles. The normalized spacial score (nSPS) is 34.4. The first kappa shape index (κ1) is 41.1. The minimum Gasteiger partial charge on any atom is -0.466 e. The van der Waals surface area contributed by atoms with Gasteiger partial charge < -0.3 is 64.5 Å². The van der Waals surface area contributed by atoms with E-state index < -0.39 is 92.3 Å². The number of aliphatic hydroxyl groups excluding tert-OH is 8. The molecule has 14 heteroatoms. The Morgan fingerprint density at radius 3 is 2.02 bits per heavy atom. The second-order valence-corrected chi connectivity index (χ2v) is 12.4. The Kier molecular flexibility index (Phi) is 16.8. The minimum atomic E-state index is -1.77. The lowest BCUT2D eigenvalue weighted by atomic mass is 9.95. The second kappa shape index (κ2) is 19.2. The van der Waals surface area contributed by atoms with Crippen molar-refractivity contribution in [3.63, 3.8) is 0 Å². The first-order chi connectivity index (χ1) is 22.1. The lowest BCUT2D eigenvalue weighted by Crippen LogP contribution is -2.65. The van der Waals surface area contributed by atoms with Crippen molar-refractivity contribution in [1.29, 1.82) is 0 Å². The standard InChI is InChI=1S/C33H54O14/c1-7-33(5,13-9-12-18(2)10-8-11-19(3)14-21(36)15-20(4)30(42)43-6)47-32-29(27(40)25(38)23(17-35)45-32)46-31-28(41)26(39)24(37)22(16-34)44-31/h7,11-12,15,21-29,31-32,34-41H,1,8-10,13-14,16-17H2,2-6H3/b18-12+,19-11+,20-15+/t21-,22-,23-,24-,25-,26+,27+,28-,29-,31+,32+,33-/m1/s1. The predicted molar refractivity (Wildman–Crippen MR) is 168 cm³/mol. The smallest absolute Gasteiger partial charge is 0.333 e. The van der Waals surface area contributed by atoms with Crippen LogP contribution in [0.4, 0.5) is 0 Å². The average Bonchev–Trinajstić information content (AvgIpc) is 3.03. The zero-order chi connectivity index (χ0) is 35.5. The summed E-state index contributed by atoms with van der Waals surface area (Å²) < 4.78 is 27.8. The Morgan fingerprint density at radius 1 is 0.872 bits per heavy atom. The van der Waals surface area contributed by atoms with Crippen molar-refractivity contribution < 1.29 is 69.3 Å². The molecule has 0 aromatic carbocycles. The van der Waals surface area contributed by atoms with E-state index in [9.17, 15) is 45.6 Å². The molecule has 0 saturated carbocycles. The molecule has 0 aliphatic carbocycles. The molecular weight excluding hydrogens is 620 g/mol.